The van der Waals surface area contributed by atoms with Crippen molar-refractivity contribution in [3.05, 3.63) is 11.0 Å². The minimum atomic E-state index is -1.35. The first-order chi connectivity index (χ1) is 68.9. The molecule has 0 radical (unpaired) electrons. The summed E-state index contributed by atoms with van der Waals surface area (Å²) in [7, 11) is 0. The Hall–Kier alpha value is -11.5. The van der Waals surface area contributed by atoms with Gasteiger partial charge in [0.05, 0.1) is 51.0 Å². The fraction of sp³-hybridized carbons (Fsp3) is 0.742. The molecule has 11 amide bonds. The minimum Gasteiger partial charge on any atom is -0.481 e. The Kier molecular flexibility index (Phi) is 60.3. The van der Waals surface area contributed by atoms with E-state index in [0.717, 1.165) is 85.1 Å². The summed E-state index contributed by atoms with van der Waals surface area (Å²) in [5, 5.41) is 33.6. The first-order valence-electron chi connectivity index (χ1n) is 48.2. The molecule has 15 unspecified atom stereocenters. The lowest BCUT2D eigenvalue weighted by Gasteiger charge is -2.44. The summed E-state index contributed by atoms with van der Waals surface area (Å²) in [6, 6.07) is -3.57. The number of carbonyl (C=O) groups excluding carboxylic acids is 21. The molecular weight excluding hydrogens is 1950 g/mol. The monoisotopic (exact) mass is 2090 g/mol. The van der Waals surface area contributed by atoms with Crippen molar-refractivity contribution in [2.75, 3.05) is 131 Å². The number of esters is 9. The van der Waals surface area contributed by atoms with Gasteiger partial charge in [0.2, 0.25) is 53.2 Å². The molecule has 0 saturated carbocycles. The maximum absolute atomic E-state index is 14.3. The smallest absolute Gasteiger partial charge is 0.304 e. The number of carboxylic acid groups (broad SMARTS) is 1. The van der Waals surface area contributed by atoms with Crippen molar-refractivity contribution in [1.29, 1.82) is 0 Å². The third-order valence-electron chi connectivity index (χ3n) is 21.6. The molecule has 0 aromatic rings. The predicted octanol–water partition coefficient (Wildman–Crippen LogP) is -0.430. The van der Waals surface area contributed by atoms with Crippen molar-refractivity contribution in [2.24, 2.45) is 5.41 Å². The summed E-state index contributed by atoms with van der Waals surface area (Å²) >= 11 is 0.956. The molecule has 4 aliphatic rings. The second-order valence-electron chi connectivity index (χ2n) is 34.5. The number of hydrogen-bond acceptors (Lipinski definition) is 41. The van der Waals surface area contributed by atoms with Gasteiger partial charge < -0.3 is 138 Å². The second-order valence-corrected chi connectivity index (χ2v) is 35.7. The van der Waals surface area contributed by atoms with Gasteiger partial charge in [-0.2, -0.15) is 0 Å². The molecule has 3 saturated heterocycles. The van der Waals surface area contributed by atoms with E-state index in [0.29, 0.717) is 77.0 Å². The van der Waals surface area contributed by atoms with Gasteiger partial charge in [-0.25, -0.2) is 0 Å². The van der Waals surface area contributed by atoms with Crippen LogP contribution in [0.25, 0.3) is 0 Å². The van der Waals surface area contributed by atoms with Crippen LogP contribution in [-0.2, 0) is 191 Å². The first kappa shape index (κ1) is 126. The zero-order chi connectivity index (χ0) is 108. The Morgan fingerprint density at radius 1 is 0.345 bits per heavy atom. The summed E-state index contributed by atoms with van der Waals surface area (Å²) in [5.41, 5.74) is -1.35. The number of carbonyl (C=O) groups is 22. The van der Waals surface area contributed by atoms with Gasteiger partial charge >= 0.3 is 59.7 Å². The third kappa shape index (κ3) is 52.9. The number of ether oxygens (including phenoxy) is 18. The number of amides is 11. The van der Waals surface area contributed by atoms with Gasteiger partial charge in [0.1, 0.15) is 62.0 Å². The summed E-state index contributed by atoms with van der Waals surface area (Å²) in [6.07, 6.45) is -11.5. The van der Waals surface area contributed by atoms with E-state index in [1.54, 1.807) is 0 Å². The highest BCUT2D eigenvalue weighted by molar-refractivity contribution is 8.04. The number of carboxylic acids is 1. The molecule has 0 aromatic carbocycles. The second kappa shape index (κ2) is 69.5. The maximum atomic E-state index is 14.3. The normalized spacial score (nSPS) is 21.4. The summed E-state index contributed by atoms with van der Waals surface area (Å²) in [5.74, 6) is -13.2. The van der Waals surface area contributed by atoms with Crippen LogP contribution >= 0.6 is 11.8 Å². The fourth-order valence-corrected chi connectivity index (χ4v) is 16.1. The molecule has 0 aliphatic carbocycles. The molecule has 0 aromatic heterocycles. The van der Waals surface area contributed by atoms with Crippen LogP contribution in [0.4, 0.5) is 0 Å². The van der Waals surface area contributed by atoms with E-state index in [2.05, 4.69) is 47.9 Å². The average molecular weight is 2090 g/mol. The van der Waals surface area contributed by atoms with Crippen LogP contribution in [0.5, 0.6) is 0 Å². The molecule has 52 heteroatoms. The molecule has 145 heavy (non-hydrogen) atoms. The molecular formula is C93H144N10O41S. The average Bonchev–Trinajstić information content (AvgIpc) is 1.02. The lowest BCUT2D eigenvalue weighted by atomic mass is 9.84. The van der Waals surface area contributed by atoms with E-state index >= 15 is 0 Å². The molecule has 0 bridgehead atoms. The van der Waals surface area contributed by atoms with Crippen molar-refractivity contribution < 1.29 is 196 Å². The number of aliphatic carboxylic acids is 1. The standard InChI is InChI=1S/C93H144N10O41S/c1-55(104)100-80-86(139-64(10)113)83(136-61(7)110)68(49-133-58(4)107)142-90(80)130-40-19-15-26-72(117)94-33-22-36-97-75(120)29-43-127-52-93(48-67(116)25-14-13-18-39-103-78(123)47-71(89(103)126)145-46-32-79(124)125,53-128-44-30-76(121)98-37-23-34-95-73(118)27-16-20-41-131-91-81(101-56(2)105)87(140-65(11)114)84(137-62(8)111)69(143-91)50-134-59(5)108)54-129-45-31-77(122)99-38-24-35-96-74(119)28-17-21-42-132-92-82(102-57(3)106)88(141-66(12)115)85(138-63(9)112)70(144-92)51-135-60(6)109/h47,68-70,80-88,90-92H,13-46,48-54H2,1-12H3,(H,94,117)(H,95,118)(H,96,119)(H,97,120)(H,98,121)(H,99,122)(H,100,104)(H,101,105)(H,102,106)(H,124,125). The van der Waals surface area contributed by atoms with Gasteiger partial charge in [-0.15, -0.1) is 11.8 Å². The molecule has 51 nitrogen and oxygen atoms in total. The summed E-state index contributed by atoms with van der Waals surface area (Å²) in [4.78, 5) is 277. The van der Waals surface area contributed by atoms with Crippen LogP contribution < -0.4 is 47.9 Å². The highest BCUT2D eigenvalue weighted by Gasteiger charge is 2.55. The van der Waals surface area contributed by atoms with E-state index in [1.807, 2.05) is 0 Å². The largest absolute Gasteiger partial charge is 0.481 e. The molecule has 4 rings (SSSR count). The zero-order valence-electron chi connectivity index (χ0n) is 84.4. The van der Waals surface area contributed by atoms with Crippen LogP contribution in [0.15, 0.2) is 11.0 Å². The Bertz CT molecular complexity index is 3970. The predicted molar refractivity (Wildman–Crippen MR) is 500 cm³/mol. The Labute approximate surface area is 844 Å². The molecule has 4 aliphatic heterocycles. The molecule has 10 N–H and O–H groups in total. The van der Waals surface area contributed by atoms with E-state index in [1.165, 1.54) is 20.8 Å². The summed E-state index contributed by atoms with van der Waals surface area (Å²) < 4.78 is 103. The van der Waals surface area contributed by atoms with Crippen molar-refractivity contribution in [1.82, 2.24) is 52.8 Å². The quantitative estimate of drug-likeness (QED) is 0.0160. The number of unbranched alkanes of at least 4 members (excludes halogenated alkanes) is 5. The van der Waals surface area contributed by atoms with Crippen LogP contribution in [0.2, 0.25) is 0 Å². The first-order valence-corrected chi connectivity index (χ1v) is 49.2. The van der Waals surface area contributed by atoms with Gasteiger partial charge in [-0.3, -0.25) is 110 Å². The number of ketones is 1. The van der Waals surface area contributed by atoms with Crippen molar-refractivity contribution >= 4 is 142 Å². The van der Waals surface area contributed by atoms with Crippen LogP contribution in [0.1, 0.15) is 218 Å². The molecule has 4 heterocycles. The Morgan fingerprint density at radius 3 is 0.917 bits per heavy atom. The van der Waals surface area contributed by atoms with Crippen LogP contribution in [-0.4, -0.2) is 363 Å². The number of nitrogens with one attached hydrogen (secondary N) is 9. The third-order valence-corrected chi connectivity index (χ3v) is 22.6. The molecule has 818 valence electrons. The lowest BCUT2D eigenvalue weighted by Crippen LogP contribution is -2.66. The van der Waals surface area contributed by atoms with E-state index in [-0.39, 0.29) is 197 Å². The van der Waals surface area contributed by atoms with E-state index < -0.39 is 224 Å². The van der Waals surface area contributed by atoms with Gasteiger partial charge in [-0.1, -0.05) is 6.42 Å². The molecule has 15 atom stereocenters. The topological polar surface area (TPSA) is 673 Å². The molecule has 0 spiro atoms. The lowest BCUT2D eigenvalue weighted by molar-refractivity contribution is -0.277. The van der Waals surface area contributed by atoms with Crippen LogP contribution in [0, 0.1) is 5.41 Å². The SMILES string of the molecule is CC(=O)NC1C(OCCCCC(=O)NCCCNC(=O)CCOCC(COCCC(=O)NCCCNC(=O)CCCCOC2OC(COC(C)=O)C(OC(C)=O)C(OC(C)=O)C2NC(C)=O)(COCCC(=O)NCCCNC(=O)CCCCOC2OC(COC(C)=O)C(OC(C)=O)C(OC(C)=O)C2NC(C)=O)CC(=O)CCCCCN2C(=O)C=C(SCCC(=O)O)C2=O)OC(COC(C)=O)C(OC(C)=O)C1OC(C)=O. The number of hydrogen-bond donors (Lipinski definition) is 10. The fourth-order valence-electron chi connectivity index (χ4n) is 15.2. The van der Waals surface area contributed by atoms with Crippen molar-refractivity contribution in [3.63, 3.8) is 0 Å². The van der Waals surface area contributed by atoms with Crippen LogP contribution in [0.3, 0.4) is 0 Å². The number of nitrogens with zero attached hydrogens (tertiary/aromatic N) is 1. The number of Topliss-reactive ketones (excluding diaryl/α,β-unsaturated/α-hetero) is 1. The number of imide groups is 1. The van der Waals surface area contributed by atoms with Crippen molar-refractivity contribution in [3.8, 4) is 0 Å². The highest BCUT2D eigenvalue weighted by atomic mass is 32.2. The Balaban J connectivity index is 1.40. The molecule has 3 fully saturated rings. The van der Waals surface area contributed by atoms with E-state index in [9.17, 15) is 105 Å². The highest BCUT2D eigenvalue weighted by Crippen LogP contribution is 2.34. The van der Waals surface area contributed by atoms with Gasteiger partial charge in [0.25, 0.3) is 11.8 Å². The van der Waals surface area contributed by atoms with E-state index in [4.69, 9.17) is 90.4 Å². The summed E-state index contributed by atoms with van der Waals surface area (Å²) in [6.45, 7) is 11.7. The van der Waals surface area contributed by atoms with Gasteiger partial charge in [0.15, 0.2) is 55.5 Å². The van der Waals surface area contributed by atoms with Gasteiger partial charge in [0, 0.05) is 217 Å². The van der Waals surface area contributed by atoms with Gasteiger partial charge in [-0.05, 0) is 70.6 Å². The number of thioether (sulfide) groups is 1. The minimum absolute atomic E-state index is 0.0191. The zero-order valence-corrected chi connectivity index (χ0v) is 85.2. The maximum Gasteiger partial charge on any atom is 0.304 e. The Morgan fingerprint density at radius 2 is 0.634 bits per heavy atom. The van der Waals surface area contributed by atoms with Crippen molar-refractivity contribution in [2.45, 2.75) is 310 Å². The number of rotatable bonds is 72.